The maximum Gasteiger partial charge on any atom is 0.419 e. The quantitative estimate of drug-likeness (QED) is 0.640. The van der Waals surface area contributed by atoms with Gasteiger partial charge in [0.1, 0.15) is 5.82 Å². The zero-order valence-electron chi connectivity index (χ0n) is 9.27. The fraction of sp³-hybridized carbons (Fsp3) is 0.455. The lowest BCUT2D eigenvalue weighted by Crippen LogP contribution is -2.12. The van der Waals surface area contributed by atoms with Gasteiger partial charge in [-0.3, -0.25) is 0 Å². The molecule has 96 valence electrons. The number of anilines is 1. The van der Waals surface area contributed by atoms with Gasteiger partial charge in [-0.25, -0.2) is 4.39 Å². The van der Waals surface area contributed by atoms with E-state index in [1.807, 2.05) is 6.92 Å². The van der Waals surface area contributed by atoms with E-state index >= 15 is 0 Å². The molecule has 0 saturated carbocycles. The molecular formula is C11H13F4NO. The monoisotopic (exact) mass is 251 g/mol. The molecule has 0 heterocycles. The molecule has 1 aromatic carbocycles. The van der Waals surface area contributed by atoms with Gasteiger partial charge >= 0.3 is 6.18 Å². The van der Waals surface area contributed by atoms with Crippen LogP contribution in [0.1, 0.15) is 12.5 Å². The maximum absolute atomic E-state index is 12.9. The van der Waals surface area contributed by atoms with E-state index in [2.05, 4.69) is 5.32 Å². The number of hydrogen-bond donors (Lipinski definition) is 1. The largest absolute Gasteiger partial charge is 0.419 e. The van der Waals surface area contributed by atoms with Crippen molar-refractivity contribution in [3.63, 3.8) is 0 Å². The van der Waals surface area contributed by atoms with Gasteiger partial charge in [0.25, 0.3) is 0 Å². The van der Waals surface area contributed by atoms with Gasteiger partial charge < -0.3 is 10.1 Å². The smallest absolute Gasteiger partial charge is 0.383 e. The summed E-state index contributed by atoms with van der Waals surface area (Å²) < 4.78 is 55.1. The molecule has 0 fully saturated rings. The third-order valence-electron chi connectivity index (χ3n) is 2.05. The summed E-state index contributed by atoms with van der Waals surface area (Å²) in [4.78, 5) is 0. The molecule has 0 atom stereocenters. The van der Waals surface area contributed by atoms with E-state index in [0.29, 0.717) is 19.8 Å². The molecular weight excluding hydrogens is 238 g/mol. The molecule has 0 unspecified atom stereocenters. The first-order chi connectivity index (χ1) is 7.95. The standard InChI is InChI=1S/C11H13F4NO/c1-2-17-6-5-16-8-3-4-10(12)9(7-8)11(13,14)15/h3-4,7,16H,2,5-6H2,1H3. The molecule has 17 heavy (non-hydrogen) atoms. The van der Waals surface area contributed by atoms with E-state index < -0.39 is 17.6 Å². The number of hydrogen-bond acceptors (Lipinski definition) is 2. The van der Waals surface area contributed by atoms with Crippen molar-refractivity contribution in [1.29, 1.82) is 0 Å². The molecule has 2 nitrogen and oxygen atoms in total. The van der Waals surface area contributed by atoms with E-state index in [1.165, 1.54) is 6.07 Å². The molecule has 1 N–H and O–H groups in total. The van der Waals surface area contributed by atoms with Crippen molar-refractivity contribution < 1.29 is 22.3 Å². The van der Waals surface area contributed by atoms with Crippen LogP contribution in [-0.4, -0.2) is 19.8 Å². The highest BCUT2D eigenvalue weighted by atomic mass is 19.4. The predicted molar refractivity (Wildman–Crippen MR) is 56.4 cm³/mol. The molecule has 1 aromatic rings. The summed E-state index contributed by atoms with van der Waals surface area (Å²) in [5, 5.41) is 2.73. The molecule has 6 heteroatoms. The summed E-state index contributed by atoms with van der Waals surface area (Å²) in [5.74, 6) is -1.27. The van der Waals surface area contributed by atoms with Crippen molar-refractivity contribution in [2.45, 2.75) is 13.1 Å². The van der Waals surface area contributed by atoms with Crippen LogP contribution in [0.3, 0.4) is 0 Å². The van der Waals surface area contributed by atoms with Crippen molar-refractivity contribution in [3.05, 3.63) is 29.6 Å². The summed E-state index contributed by atoms with van der Waals surface area (Å²) in [7, 11) is 0. The first kappa shape index (κ1) is 13.8. The van der Waals surface area contributed by atoms with Crippen LogP contribution < -0.4 is 5.32 Å². The van der Waals surface area contributed by atoms with Gasteiger partial charge in [-0.15, -0.1) is 0 Å². The summed E-state index contributed by atoms with van der Waals surface area (Å²) in [6, 6.07) is 2.81. The average Bonchev–Trinajstić information content (AvgIpc) is 2.25. The third kappa shape index (κ3) is 4.22. The van der Waals surface area contributed by atoms with Gasteiger partial charge in [-0.2, -0.15) is 13.2 Å². The fourth-order valence-electron chi connectivity index (χ4n) is 1.26. The Labute approximate surface area is 96.6 Å². The molecule has 0 spiro atoms. The Morgan fingerprint density at radius 2 is 2.00 bits per heavy atom. The van der Waals surface area contributed by atoms with Gasteiger partial charge in [0.2, 0.25) is 0 Å². The molecule has 0 aromatic heterocycles. The highest BCUT2D eigenvalue weighted by Gasteiger charge is 2.34. The normalized spacial score (nSPS) is 11.6. The van der Waals surface area contributed by atoms with Crippen LogP contribution in [0.5, 0.6) is 0 Å². The molecule has 1 rings (SSSR count). The van der Waals surface area contributed by atoms with Crippen molar-refractivity contribution >= 4 is 5.69 Å². The topological polar surface area (TPSA) is 21.3 Å². The highest BCUT2D eigenvalue weighted by molar-refractivity contribution is 5.47. The molecule has 0 bridgehead atoms. The van der Waals surface area contributed by atoms with Crippen LogP contribution in [0.25, 0.3) is 0 Å². The van der Waals surface area contributed by atoms with Crippen LogP contribution in [-0.2, 0) is 10.9 Å². The minimum atomic E-state index is -4.68. The van der Waals surface area contributed by atoms with E-state index in [4.69, 9.17) is 4.74 Å². The van der Waals surface area contributed by atoms with Crippen molar-refractivity contribution in [1.82, 2.24) is 0 Å². The first-order valence-electron chi connectivity index (χ1n) is 5.13. The number of benzene rings is 1. The summed E-state index contributed by atoms with van der Waals surface area (Å²) in [5.41, 5.74) is -1.04. The highest BCUT2D eigenvalue weighted by Crippen LogP contribution is 2.32. The number of rotatable bonds is 5. The van der Waals surface area contributed by atoms with Crippen LogP contribution in [0.2, 0.25) is 0 Å². The van der Waals surface area contributed by atoms with E-state index in [0.717, 1.165) is 12.1 Å². The Balaban J connectivity index is 2.69. The van der Waals surface area contributed by atoms with Gasteiger partial charge in [0.15, 0.2) is 0 Å². The molecule has 0 aliphatic heterocycles. The number of nitrogens with one attached hydrogen (secondary N) is 1. The third-order valence-corrected chi connectivity index (χ3v) is 2.05. The van der Waals surface area contributed by atoms with Gasteiger partial charge in [-0.05, 0) is 25.1 Å². The SMILES string of the molecule is CCOCCNc1ccc(F)c(C(F)(F)F)c1. The molecule has 0 aliphatic rings. The lowest BCUT2D eigenvalue weighted by Gasteiger charge is -2.11. The molecule has 0 saturated heterocycles. The number of alkyl halides is 3. The lowest BCUT2D eigenvalue weighted by molar-refractivity contribution is -0.139. The lowest BCUT2D eigenvalue weighted by atomic mass is 10.2. The second kappa shape index (κ2) is 5.86. The Morgan fingerprint density at radius 3 is 2.59 bits per heavy atom. The minimum absolute atomic E-state index is 0.221. The second-order valence-electron chi connectivity index (χ2n) is 3.32. The van der Waals surface area contributed by atoms with Crippen LogP contribution in [0, 0.1) is 5.82 Å². The Morgan fingerprint density at radius 1 is 1.29 bits per heavy atom. The number of halogens is 4. The first-order valence-corrected chi connectivity index (χ1v) is 5.13. The van der Waals surface area contributed by atoms with E-state index in [-0.39, 0.29) is 5.69 Å². The summed E-state index contributed by atoms with van der Waals surface area (Å²) in [6.45, 7) is 3.12. The zero-order chi connectivity index (χ0) is 12.9. The van der Waals surface area contributed by atoms with Gasteiger partial charge in [0, 0.05) is 18.8 Å². The van der Waals surface area contributed by atoms with Crippen molar-refractivity contribution in [2.24, 2.45) is 0 Å². The Hall–Kier alpha value is -1.30. The predicted octanol–water partition coefficient (Wildman–Crippen LogP) is 3.29. The summed E-state index contributed by atoms with van der Waals surface area (Å²) in [6.07, 6.45) is -4.68. The van der Waals surface area contributed by atoms with Crippen molar-refractivity contribution in [3.8, 4) is 0 Å². The Kier molecular flexibility index (Phi) is 4.74. The van der Waals surface area contributed by atoms with E-state index in [1.54, 1.807) is 0 Å². The van der Waals surface area contributed by atoms with Crippen LogP contribution >= 0.6 is 0 Å². The van der Waals surface area contributed by atoms with Crippen LogP contribution in [0.4, 0.5) is 23.2 Å². The maximum atomic E-state index is 12.9. The van der Waals surface area contributed by atoms with E-state index in [9.17, 15) is 17.6 Å². The summed E-state index contributed by atoms with van der Waals surface area (Å²) >= 11 is 0. The van der Waals surface area contributed by atoms with Crippen LogP contribution in [0.15, 0.2) is 18.2 Å². The van der Waals surface area contributed by atoms with Crippen molar-refractivity contribution in [2.75, 3.05) is 25.1 Å². The molecule has 0 aliphatic carbocycles. The zero-order valence-corrected chi connectivity index (χ0v) is 9.27. The molecule has 0 radical (unpaired) electrons. The average molecular weight is 251 g/mol. The minimum Gasteiger partial charge on any atom is -0.383 e. The molecule has 0 amide bonds. The van der Waals surface area contributed by atoms with Gasteiger partial charge in [0.05, 0.1) is 12.2 Å². The second-order valence-corrected chi connectivity index (χ2v) is 3.32. The number of ether oxygens (including phenoxy) is 1. The Bertz CT molecular complexity index is 365. The fourth-order valence-corrected chi connectivity index (χ4v) is 1.26. The van der Waals surface area contributed by atoms with Gasteiger partial charge in [-0.1, -0.05) is 0 Å².